The van der Waals surface area contributed by atoms with E-state index in [9.17, 15) is 8.42 Å². The molecule has 6 heteroatoms. The highest BCUT2D eigenvalue weighted by atomic mass is 32.2. The molecule has 5 unspecified atom stereocenters. The second-order valence-electron chi connectivity index (χ2n) is 12.4. The Morgan fingerprint density at radius 3 is 2.40 bits per heavy atom. The molecule has 0 radical (unpaired) electrons. The molecule has 5 atom stereocenters. The van der Waals surface area contributed by atoms with Crippen LogP contribution in [0.15, 0.2) is 71.6 Å². The van der Waals surface area contributed by atoms with Crippen molar-refractivity contribution in [2.24, 2.45) is 5.92 Å². The first-order valence-corrected chi connectivity index (χ1v) is 17.1. The van der Waals surface area contributed by atoms with Crippen LogP contribution < -0.4 is 16.0 Å². The number of rotatable bonds is 12. The molecule has 5 nitrogen and oxygen atoms in total. The summed E-state index contributed by atoms with van der Waals surface area (Å²) in [5.41, 5.74) is 2.41. The van der Waals surface area contributed by atoms with Gasteiger partial charge >= 0.3 is 0 Å². The third-order valence-corrected chi connectivity index (χ3v) is 11.9. The van der Waals surface area contributed by atoms with Gasteiger partial charge in [-0.25, -0.2) is 8.42 Å². The zero-order valence-corrected chi connectivity index (χ0v) is 24.6. The number of aryl methyl sites for hydroxylation is 1. The molecular formula is C34H45N3O2S. The van der Waals surface area contributed by atoms with Crippen LogP contribution in [-0.2, 0) is 22.8 Å². The Morgan fingerprint density at radius 2 is 1.62 bits per heavy atom. The molecule has 2 aliphatic heterocycles. The zero-order valence-electron chi connectivity index (χ0n) is 23.8. The third kappa shape index (κ3) is 5.87. The molecule has 214 valence electrons. The molecule has 2 heterocycles. The van der Waals surface area contributed by atoms with Gasteiger partial charge in [-0.15, -0.1) is 0 Å². The maximum atomic E-state index is 14.3. The molecule has 3 fully saturated rings. The van der Waals surface area contributed by atoms with Crippen molar-refractivity contribution < 1.29 is 8.42 Å². The minimum absolute atomic E-state index is 0.0396. The van der Waals surface area contributed by atoms with Crippen molar-refractivity contribution >= 4 is 20.6 Å². The normalized spacial score (nSPS) is 26.7. The standard InChI is InChI=1S/C34H45N3O2S/c1-2-3-4-9-24-15-18-30(19-16-24)40(38,39)34-32-28(23-35-29-12-7-8-13-29)21-31(37-32)33(34)36-22-25-14-17-26-10-5-6-11-27(26)20-25/h5-6,10-11,14-20,28-29,31-37H,2-4,7-9,12-13,21-23H2,1H3. The van der Waals surface area contributed by atoms with E-state index in [0.29, 0.717) is 23.4 Å². The summed E-state index contributed by atoms with van der Waals surface area (Å²) in [6.45, 7) is 3.77. The maximum Gasteiger partial charge on any atom is 0.184 e. The van der Waals surface area contributed by atoms with Crippen LogP contribution in [0.2, 0.25) is 0 Å². The van der Waals surface area contributed by atoms with Crippen LogP contribution in [0.1, 0.15) is 69.4 Å². The van der Waals surface area contributed by atoms with E-state index in [1.54, 1.807) is 0 Å². The van der Waals surface area contributed by atoms with Gasteiger partial charge in [0.25, 0.3) is 0 Å². The Bertz CT molecular complexity index is 1380. The number of unbranched alkanes of at least 4 members (excludes halogenated alkanes) is 2. The largest absolute Gasteiger partial charge is 0.314 e. The van der Waals surface area contributed by atoms with Crippen LogP contribution in [0.3, 0.4) is 0 Å². The fourth-order valence-corrected chi connectivity index (χ4v) is 9.65. The Hall–Kier alpha value is -2.25. The SMILES string of the molecule is CCCCCc1ccc(S(=O)(=O)C2C3NC(CC3CNC3CCCC3)C2NCc2ccc3ccccc3c2)cc1. The van der Waals surface area contributed by atoms with Crippen molar-refractivity contribution in [3.8, 4) is 0 Å². The first kappa shape index (κ1) is 27.9. The van der Waals surface area contributed by atoms with Gasteiger partial charge in [0.2, 0.25) is 0 Å². The van der Waals surface area contributed by atoms with Gasteiger partial charge in [0, 0.05) is 30.7 Å². The van der Waals surface area contributed by atoms with E-state index in [-0.39, 0.29) is 18.1 Å². The predicted molar refractivity (Wildman–Crippen MR) is 164 cm³/mol. The van der Waals surface area contributed by atoms with E-state index in [1.807, 2.05) is 24.3 Å². The van der Waals surface area contributed by atoms with Gasteiger partial charge in [-0.05, 0) is 84.7 Å². The summed E-state index contributed by atoms with van der Waals surface area (Å²) in [6, 6.07) is 23.3. The Balaban J connectivity index is 1.21. The van der Waals surface area contributed by atoms with Gasteiger partial charge in [-0.3, -0.25) is 0 Å². The van der Waals surface area contributed by atoms with Crippen LogP contribution in [0.4, 0.5) is 0 Å². The molecule has 40 heavy (non-hydrogen) atoms. The number of hydrogen-bond donors (Lipinski definition) is 3. The lowest BCUT2D eigenvalue weighted by Crippen LogP contribution is -2.54. The van der Waals surface area contributed by atoms with Crippen LogP contribution in [0.25, 0.3) is 10.8 Å². The number of sulfone groups is 1. The molecule has 3 aromatic carbocycles. The Kier molecular flexibility index (Phi) is 8.59. The van der Waals surface area contributed by atoms with Gasteiger partial charge < -0.3 is 16.0 Å². The third-order valence-electron chi connectivity index (χ3n) is 9.67. The van der Waals surface area contributed by atoms with Gasteiger partial charge in [-0.2, -0.15) is 0 Å². The van der Waals surface area contributed by atoms with Crippen molar-refractivity contribution in [1.82, 2.24) is 16.0 Å². The van der Waals surface area contributed by atoms with Crippen LogP contribution >= 0.6 is 0 Å². The van der Waals surface area contributed by atoms with Crippen molar-refractivity contribution in [3.63, 3.8) is 0 Å². The zero-order chi connectivity index (χ0) is 27.5. The summed E-state index contributed by atoms with van der Waals surface area (Å²) in [6.07, 6.45) is 10.7. The molecule has 1 aliphatic carbocycles. The molecule has 6 rings (SSSR count). The predicted octanol–water partition coefficient (Wildman–Crippen LogP) is 5.77. The molecular weight excluding hydrogens is 514 g/mol. The molecule has 2 bridgehead atoms. The second-order valence-corrected chi connectivity index (χ2v) is 14.5. The smallest absolute Gasteiger partial charge is 0.184 e. The number of fused-ring (bicyclic) bond motifs is 3. The van der Waals surface area contributed by atoms with Gasteiger partial charge in [0.05, 0.1) is 10.1 Å². The average Bonchev–Trinajstić information content (AvgIpc) is 3.72. The van der Waals surface area contributed by atoms with E-state index in [1.165, 1.54) is 60.4 Å². The van der Waals surface area contributed by atoms with E-state index in [0.717, 1.165) is 25.8 Å². The van der Waals surface area contributed by atoms with Crippen molar-refractivity contribution in [3.05, 3.63) is 77.9 Å². The lowest BCUT2D eigenvalue weighted by molar-refractivity contribution is 0.319. The van der Waals surface area contributed by atoms with Crippen molar-refractivity contribution in [2.75, 3.05) is 6.54 Å². The highest BCUT2D eigenvalue weighted by Gasteiger charge is 2.57. The van der Waals surface area contributed by atoms with Crippen molar-refractivity contribution in [2.45, 2.75) is 106 Å². The number of benzene rings is 3. The number of nitrogens with one attached hydrogen (secondary N) is 3. The fraction of sp³-hybridized carbons (Fsp3) is 0.529. The van der Waals surface area contributed by atoms with Gasteiger partial charge in [-0.1, -0.05) is 81.1 Å². The van der Waals surface area contributed by atoms with E-state index < -0.39 is 15.1 Å². The second kappa shape index (κ2) is 12.3. The first-order chi connectivity index (χ1) is 19.5. The highest BCUT2D eigenvalue weighted by molar-refractivity contribution is 7.92. The van der Waals surface area contributed by atoms with Crippen molar-refractivity contribution in [1.29, 1.82) is 0 Å². The van der Waals surface area contributed by atoms with E-state index >= 15 is 0 Å². The topological polar surface area (TPSA) is 70.2 Å². The molecule has 3 aromatic rings. The molecule has 0 aromatic heterocycles. The summed E-state index contributed by atoms with van der Waals surface area (Å²) < 4.78 is 28.6. The summed E-state index contributed by atoms with van der Waals surface area (Å²) in [4.78, 5) is 0.464. The van der Waals surface area contributed by atoms with E-state index in [4.69, 9.17) is 0 Å². The van der Waals surface area contributed by atoms with Crippen LogP contribution in [0.5, 0.6) is 0 Å². The lowest BCUT2D eigenvalue weighted by atomic mass is 9.85. The maximum absolute atomic E-state index is 14.3. The first-order valence-electron chi connectivity index (χ1n) is 15.6. The molecule has 0 spiro atoms. The lowest BCUT2D eigenvalue weighted by Gasteiger charge is -2.35. The Morgan fingerprint density at radius 1 is 0.875 bits per heavy atom. The average molecular weight is 560 g/mol. The van der Waals surface area contributed by atoms with Gasteiger partial charge in [0.1, 0.15) is 0 Å². The molecule has 3 N–H and O–H groups in total. The fourth-order valence-electron chi connectivity index (χ4n) is 7.46. The Labute approximate surface area is 240 Å². The highest BCUT2D eigenvalue weighted by Crippen LogP contribution is 2.40. The number of hydrogen-bond acceptors (Lipinski definition) is 5. The van der Waals surface area contributed by atoms with E-state index in [2.05, 4.69) is 65.3 Å². The minimum Gasteiger partial charge on any atom is -0.314 e. The minimum atomic E-state index is -3.52. The summed E-state index contributed by atoms with van der Waals surface area (Å²) in [5.74, 6) is 0.331. The summed E-state index contributed by atoms with van der Waals surface area (Å²) in [7, 11) is -3.52. The quantitative estimate of drug-likeness (QED) is 0.246. The monoisotopic (exact) mass is 559 g/mol. The summed E-state index contributed by atoms with van der Waals surface area (Å²) >= 11 is 0. The molecule has 2 saturated heterocycles. The van der Waals surface area contributed by atoms with Gasteiger partial charge in [0.15, 0.2) is 9.84 Å². The summed E-state index contributed by atoms with van der Waals surface area (Å²) in [5, 5.41) is 13.2. The molecule has 3 aliphatic rings. The van der Waals surface area contributed by atoms with Crippen LogP contribution in [-0.4, -0.2) is 44.4 Å². The molecule has 1 saturated carbocycles. The molecule has 0 amide bonds. The van der Waals surface area contributed by atoms with Crippen LogP contribution in [0, 0.1) is 5.92 Å².